The molecule has 6 N–H and O–H groups in total. The van der Waals surface area contributed by atoms with Crippen molar-refractivity contribution < 1.29 is 19.1 Å². The van der Waals surface area contributed by atoms with Gasteiger partial charge >= 0.3 is 6.09 Å². The fourth-order valence-electron chi connectivity index (χ4n) is 1.48. The topological polar surface area (TPSA) is 138 Å². The number of nitrogens with two attached hydrogens (primary N) is 3. The lowest BCUT2D eigenvalue weighted by Crippen LogP contribution is -2.37. The molecule has 0 atom stereocenters. The van der Waals surface area contributed by atoms with E-state index in [0.29, 0.717) is 6.42 Å². The lowest BCUT2D eigenvalue weighted by Gasteiger charge is -2.29. The Hall–Kier alpha value is -1.79. The van der Waals surface area contributed by atoms with E-state index in [4.69, 9.17) is 17.2 Å². The first kappa shape index (κ1) is 14.2. The van der Waals surface area contributed by atoms with Crippen LogP contribution in [0.1, 0.15) is 26.2 Å². The summed E-state index contributed by atoms with van der Waals surface area (Å²) in [6, 6.07) is 0. The maximum absolute atomic E-state index is 10.9. The summed E-state index contributed by atoms with van der Waals surface area (Å²) in [6.45, 7) is 1.60. The number of hydrogen-bond donors (Lipinski definition) is 3. The Morgan fingerprint density at radius 2 is 1.50 bits per heavy atom. The van der Waals surface area contributed by atoms with Gasteiger partial charge in [-0.25, -0.2) is 4.79 Å². The van der Waals surface area contributed by atoms with Crippen LogP contribution in [0.2, 0.25) is 0 Å². The number of carbonyl (C=O) groups is 3. The molecular weight excluding hydrogens is 214 g/mol. The average Bonchev–Trinajstić information content (AvgIpc) is 2.12. The van der Waals surface area contributed by atoms with Crippen molar-refractivity contribution in [3.63, 3.8) is 0 Å². The van der Waals surface area contributed by atoms with Crippen LogP contribution in [0.15, 0.2) is 0 Å². The molecule has 0 rings (SSSR count). The highest BCUT2D eigenvalue weighted by Gasteiger charge is 2.33. The van der Waals surface area contributed by atoms with Crippen molar-refractivity contribution in [2.75, 3.05) is 6.61 Å². The van der Waals surface area contributed by atoms with Crippen LogP contribution in [0.3, 0.4) is 0 Å². The summed E-state index contributed by atoms with van der Waals surface area (Å²) in [4.78, 5) is 32.3. The second-order valence-electron chi connectivity index (χ2n) is 3.75. The van der Waals surface area contributed by atoms with Crippen molar-refractivity contribution in [3.05, 3.63) is 0 Å². The number of ether oxygens (including phenoxy) is 1. The molecule has 0 spiro atoms. The van der Waals surface area contributed by atoms with E-state index in [1.807, 2.05) is 0 Å². The second kappa shape index (κ2) is 5.94. The molecule has 0 unspecified atom stereocenters. The van der Waals surface area contributed by atoms with Gasteiger partial charge in [-0.05, 0) is 6.42 Å². The zero-order chi connectivity index (χ0) is 12.8. The molecule has 0 saturated carbocycles. The molecule has 0 fully saturated rings. The van der Waals surface area contributed by atoms with Gasteiger partial charge in [0.05, 0.1) is 6.61 Å². The van der Waals surface area contributed by atoms with Crippen LogP contribution in [-0.4, -0.2) is 24.5 Å². The molecule has 0 aromatic rings. The van der Waals surface area contributed by atoms with Gasteiger partial charge in [-0.15, -0.1) is 0 Å². The van der Waals surface area contributed by atoms with Gasteiger partial charge in [0.1, 0.15) is 0 Å². The van der Waals surface area contributed by atoms with E-state index in [1.54, 1.807) is 6.92 Å². The average molecular weight is 231 g/mol. The van der Waals surface area contributed by atoms with Crippen LogP contribution >= 0.6 is 0 Å². The largest absolute Gasteiger partial charge is 0.449 e. The van der Waals surface area contributed by atoms with Crippen LogP contribution in [0.4, 0.5) is 4.79 Å². The van der Waals surface area contributed by atoms with Crippen molar-refractivity contribution >= 4 is 17.9 Å². The molecule has 3 amide bonds. The molecule has 0 aromatic carbocycles. The molecule has 7 nitrogen and oxygen atoms in total. The standard InChI is InChI=1S/C9H17N3O4/c1-2-9(3-6(10)13,4-7(11)14)5-16-8(12)15/h2-5H2,1H3,(H2,10,13)(H2,11,14)(H2,12,15). The lowest BCUT2D eigenvalue weighted by molar-refractivity contribution is -0.125. The Morgan fingerprint density at radius 1 is 1.06 bits per heavy atom. The molecule has 0 bridgehead atoms. The van der Waals surface area contributed by atoms with E-state index in [1.165, 1.54) is 0 Å². The summed E-state index contributed by atoms with van der Waals surface area (Å²) in [5, 5.41) is 0. The summed E-state index contributed by atoms with van der Waals surface area (Å²) < 4.78 is 4.62. The third kappa shape index (κ3) is 5.18. The predicted molar refractivity (Wildman–Crippen MR) is 55.9 cm³/mol. The zero-order valence-corrected chi connectivity index (χ0v) is 9.19. The monoisotopic (exact) mass is 231 g/mol. The maximum atomic E-state index is 10.9. The first-order chi connectivity index (χ1) is 7.31. The number of hydrogen-bond acceptors (Lipinski definition) is 4. The smallest absolute Gasteiger partial charge is 0.404 e. The van der Waals surface area contributed by atoms with Crippen LogP contribution < -0.4 is 17.2 Å². The number of amides is 3. The van der Waals surface area contributed by atoms with Gasteiger partial charge in [0.15, 0.2) is 0 Å². The Morgan fingerprint density at radius 3 is 1.75 bits per heavy atom. The Labute approximate surface area is 93.3 Å². The quantitative estimate of drug-likeness (QED) is 0.529. The highest BCUT2D eigenvalue weighted by Crippen LogP contribution is 2.30. The molecule has 16 heavy (non-hydrogen) atoms. The Bertz CT molecular complexity index is 274. The predicted octanol–water partition coefficient (Wildman–Crippen LogP) is -0.771. The van der Waals surface area contributed by atoms with Crippen LogP contribution in [0.25, 0.3) is 0 Å². The van der Waals surface area contributed by atoms with Crippen LogP contribution in [-0.2, 0) is 14.3 Å². The summed E-state index contributed by atoms with van der Waals surface area (Å²) in [7, 11) is 0. The van der Waals surface area contributed by atoms with E-state index in [9.17, 15) is 14.4 Å². The van der Waals surface area contributed by atoms with Gasteiger partial charge in [0.2, 0.25) is 11.8 Å². The van der Waals surface area contributed by atoms with E-state index < -0.39 is 23.3 Å². The highest BCUT2D eigenvalue weighted by atomic mass is 16.5. The van der Waals surface area contributed by atoms with Crippen molar-refractivity contribution in [2.45, 2.75) is 26.2 Å². The molecule has 0 aliphatic carbocycles. The molecular formula is C9H17N3O4. The SMILES string of the molecule is CCC(COC(N)=O)(CC(N)=O)CC(N)=O. The van der Waals surface area contributed by atoms with E-state index >= 15 is 0 Å². The van der Waals surface area contributed by atoms with Crippen molar-refractivity contribution in [3.8, 4) is 0 Å². The first-order valence-electron chi connectivity index (χ1n) is 4.80. The van der Waals surface area contributed by atoms with Crippen molar-refractivity contribution in [2.24, 2.45) is 22.6 Å². The fourth-order valence-corrected chi connectivity index (χ4v) is 1.48. The first-order valence-corrected chi connectivity index (χ1v) is 4.80. The highest BCUT2D eigenvalue weighted by molar-refractivity contribution is 5.78. The number of rotatable bonds is 7. The minimum Gasteiger partial charge on any atom is -0.449 e. The summed E-state index contributed by atoms with van der Waals surface area (Å²) >= 11 is 0. The van der Waals surface area contributed by atoms with E-state index in [-0.39, 0.29) is 19.4 Å². The third-order valence-corrected chi connectivity index (χ3v) is 2.37. The van der Waals surface area contributed by atoms with E-state index in [0.717, 1.165) is 0 Å². The molecule has 7 heteroatoms. The van der Waals surface area contributed by atoms with Crippen molar-refractivity contribution in [1.29, 1.82) is 0 Å². The normalized spacial score (nSPS) is 10.8. The summed E-state index contributed by atoms with van der Waals surface area (Å²) in [5.41, 5.74) is 14.1. The van der Waals surface area contributed by atoms with Crippen LogP contribution in [0.5, 0.6) is 0 Å². The maximum Gasteiger partial charge on any atom is 0.404 e. The van der Waals surface area contributed by atoms with Gasteiger partial charge in [-0.2, -0.15) is 0 Å². The van der Waals surface area contributed by atoms with Crippen molar-refractivity contribution in [1.82, 2.24) is 0 Å². The second-order valence-corrected chi connectivity index (χ2v) is 3.75. The molecule has 0 heterocycles. The minimum atomic E-state index is -0.966. The minimum absolute atomic E-state index is 0.0836. The van der Waals surface area contributed by atoms with E-state index in [2.05, 4.69) is 4.74 Å². The molecule has 0 radical (unpaired) electrons. The molecule has 0 aromatic heterocycles. The van der Waals surface area contributed by atoms with Crippen LogP contribution in [0, 0.1) is 5.41 Å². The van der Waals surface area contributed by atoms with Gasteiger partial charge in [-0.1, -0.05) is 6.92 Å². The Balaban J connectivity index is 4.72. The number of primary amides is 3. The summed E-state index contributed by atoms with van der Waals surface area (Å²) in [6.07, 6.45) is -0.710. The van der Waals surface area contributed by atoms with Gasteiger partial charge in [0, 0.05) is 18.3 Å². The van der Waals surface area contributed by atoms with Gasteiger partial charge in [-0.3, -0.25) is 9.59 Å². The third-order valence-electron chi connectivity index (χ3n) is 2.37. The fraction of sp³-hybridized carbons (Fsp3) is 0.667. The Kier molecular flexibility index (Phi) is 5.27. The molecule has 0 saturated heterocycles. The molecule has 92 valence electrons. The summed E-state index contributed by atoms with van der Waals surface area (Å²) in [5.74, 6) is -1.17. The molecule has 0 aliphatic rings. The number of carbonyl (C=O) groups excluding carboxylic acids is 3. The lowest BCUT2D eigenvalue weighted by atomic mass is 9.79. The zero-order valence-electron chi connectivity index (χ0n) is 9.19. The molecule has 0 aliphatic heterocycles. The van der Waals surface area contributed by atoms with Gasteiger partial charge < -0.3 is 21.9 Å². The van der Waals surface area contributed by atoms with Gasteiger partial charge in [0.25, 0.3) is 0 Å².